The van der Waals surface area contributed by atoms with Crippen molar-refractivity contribution in [3.8, 4) is 0 Å². The van der Waals surface area contributed by atoms with Crippen molar-refractivity contribution in [3.05, 3.63) is 35.1 Å². The van der Waals surface area contributed by atoms with E-state index in [1.54, 1.807) is 6.07 Å². The van der Waals surface area contributed by atoms with Gasteiger partial charge in [0.2, 0.25) is 0 Å². The Labute approximate surface area is 122 Å². The van der Waals surface area contributed by atoms with Gasteiger partial charge in [-0.3, -0.25) is 0 Å². The Kier molecular flexibility index (Phi) is 4.53. The predicted molar refractivity (Wildman–Crippen MR) is 81.0 cm³/mol. The highest BCUT2D eigenvalue weighted by atomic mass is 19.1. The third-order valence-corrected chi connectivity index (χ3v) is 4.99. The smallest absolute Gasteiger partial charge is 0.123 e. The summed E-state index contributed by atoms with van der Waals surface area (Å²) in [4.78, 5) is 0. The minimum Gasteiger partial charge on any atom is -0.388 e. The van der Waals surface area contributed by atoms with Crippen LogP contribution in [0, 0.1) is 30.0 Å². The highest BCUT2D eigenvalue weighted by molar-refractivity contribution is 5.29. The quantitative estimate of drug-likeness (QED) is 0.805. The van der Waals surface area contributed by atoms with Crippen molar-refractivity contribution < 1.29 is 9.50 Å². The molecule has 1 N–H and O–H groups in total. The summed E-state index contributed by atoms with van der Waals surface area (Å²) in [7, 11) is 0. The zero-order valence-corrected chi connectivity index (χ0v) is 13.1. The van der Waals surface area contributed by atoms with Crippen LogP contribution in [0.3, 0.4) is 0 Å². The number of hydrogen-bond acceptors (Lipinski definition) is 1. The summed E-state index contributed by atoms with van der Waals surface area (Å²) in [6, 6.07) is 4.71. The van der Waals surface area contributed by atoms with E-state index in [9.17, 15) is 9.50 Å². The lowest BCUT2D eigenvalue weighted by Gasteiger charge is -2.38. The fourth-order valence-electron chi connectivity index (χ4n) is 3.53. The van der Waals surface area contributed by atoms with Crippen molar-refractivity contribution in [2.75, 3.05) is 0 Å². The first-order chi connectivity index (χ1) is 9.29. The summed E-state index contributed by atoms with van der Waals surface area (Å²) < 4.78 is 13.2. The molecule has 1 aliphatic carbocycles. The molecule has 1 atom stereocenters. The van der Waals surface area contributed by atoms with E-state index in [4.69, 9.17) is 0 Å². The van der Waals surface area contributed by atoms with Crippen LogP contribution in [0.1, 0.15) is 63.7 Å². The van der Waals surface area contributed by atoms with Crippen LogP contribution < -0.4 is 0 Å². The standard InChI is InChI=1S/C18H27FO/c1-12-11-15(19)9-10-16(12)17(20)13-5-7-14(8-6-13)18(2,3)4/h9-11,13-14,17,20H,5-8H2,1-4H3. The van der Waals surface area contributed by atoms with Gasteiger partial charge in [-0.05, 0) is 73.1 Å². The Bertz CT molecular complexity index is 453. The molecule has 1 saturated carbocycles. The molecule has 20 heavy (non-hydrogen) atoms. The van der Waals surface area contributed by atoms with E-state index in [0.717, 1.165) is 29.9 Å². The van der Waals surface area contributed by atoms with Crippen LogP contribution in [-0.4, -0.2) is 5.11 Å². The van der Waals surface area contributed by atoms with E-state index in [1.807, 2.05) is 6.92 Å². The summed E-state index contributed by atoms with van der Waals surface area (Å²) in [6.07, 6.45) is 4.06. The van der Waals surface area contributed by atoms with Gasteiger partial charge in [-0.1, -0.05) is 26.8 Å². The third-order valence-electron chi connectivity index (χ3n) is 4.99. The SMILES string of the molecule is Cc1cc(F)ccc1C(O)C1CCC(C(C)(C)C)CC1. The van der Waals surface area contributed by atoms with Gasteiger partial charge in [0.15, 0.2) is 0 Å². The minimum atomic E-state index is -0.448. The van der Waals surface area contributed by atoms with Crippen LogP contribution >= 0.6 is 0 Å². The van der Waals surface area contributed by atoms with Gasteiger partial charge in [-0.2, -0.15) is 0 Å². The summed E-state index contributed by atoms with van der Waals surface area (Å²) in [6.45, 7) is 8.79. The van der Waals surface area contributed by atoms with Crippen molar-refractivity contribution in [3.63, 3.8) is 0 Å². The van der Waals surface area contributed by atoms with Crippen molar-refractivity contribution in [2.45, 2.75) is 59.5 Å². The Morgan fingerprint density at radius 1 is 1.15 bits per heavy atom. The van der Waals surface area contributed by atoms with E-state index < -0.39 is 6.10 Å². The molecule has 1 aliphatic rings. The van der Waals surface area contributed by atoms with Crippen LogP contribution in [0.15, 0.2) is 18.2 Å². The molecule has 0 heterocycles. The Morgan fingerprint density at radius 2 is 1.75 bits per heavy atom. The van der Waals surface area contributed by atoms with Gasteiger partial charge in [0.1, 0.15) is 5.82 Å². The summed E-state index contributed by atoms with van der Waals surface area (Å²) in [5.41, 5.74) is 2.11. The van der Waals surface area contributed by atoms with Crippen LogP contribution in [-0.2, 0) is 0 Å². The molecule has 0 radical (unpaired) electrons. The molecule has 2 heteroatoms. The number of aryl methyl sites for hydroxylation is 1. The maximum absolute atomic E-state index is 13.2. The number of aliphatic hydroxyl groups is 1. The summed E-state index contributed by atoms with van der Waals surface area (Å²) in [5.74, 6) is 0.841. The Hall–Kier alpha value is -0.890. The summed E-state index contributed by atoms with van der Waals surface area (Å²) >= 11 is 0. The highest BCUT2D eigenvalue weighted by Gasteiger charge is 2.33. The second-order valence-corrected chi connectivity index (χ2v) is 7.42. The molecule has 2 rings (SSSR count). The van der Waals surface area contributed by atoms with E-state index in [2.05, 4.69) is 20.8 Å². The molecule has 0 saturated heterocycles. The van der Waals surface area contributed by atoms with E-state index in [1.165, 1.54) is 25.0 Å². The van der Waals surface area contributed by atoms with E-state index in [0.29, 0.717) is 11.3 Å². The van der Waals surface area contributed by atoms with Crippen molar-refractivity contribution in [1.82, 2.24) is 0 Å². The molecule has 1 aromatic carbocycles. The number of rotatable bonds is 2. The average Bonchev–Trinajstić information content (AvgIpc) is 2.37. The topological polar surface area (TPSA) is 20.2 Å². The van der Waals surface area contributed by atoms with E-state index >= 15 is 0 Å². The van der Waals surface area contributed by atoms with E-state index in [-0.39, 0.29) is 5.82 Å². The zero-order valence-electron chi connectivity index (χ0n) is 13.1. The van der Waals surface area contributed by atoms with Gasteiger partial charge in [0.05, 0.1) is 6.10 Å². The summed E-state index contributed by atoms with van der Waals surface area (Å²) in [5, 5.41) is 10.6. The van der Waals surface area contributed by atoms with Crippen molar-refractivity contribution in [1.29, 1.82) is 0 Å². The van der Waals surface area contributed by atoms with Gasteiger partial charge >= 0.3 is 0 Å². The van der Waals surface area contributed by atoms with Gasteiger partial charge in [0, 0.05) is 0 Å². The monoisotopic (exact) mass is 278 g/mol. The number of aliphatic hydroxyl groups excluding tert-OH is 1. The second kappa shape index (κ2) is 5.85. The minimum absolute atomic E-state index is 0.227. The number of halogens is 1. The molecule has 0 amide bonds. The average molecular weight is 278 g/mol. The van der Waals surface area contributed by atoms with Crippen LogP contribution in [0.5, 0.6) is 0 Å². The number of benzene rings is 1. The lowest BCUT2D eigenvalue weighted by atomic mass is 9.68. The van der Waals surface area contributed by atoms with Crippen LogP contribution in [0.4, 0.5) is 4.39 Å². The Morgan fingerprint density at radius 3 is 2.25 bits per heavy atom. The van der Waals surface area contributed by atoms with Crippen molar-refractivity contribution in [2.24, 2.45) is 17.3 Å². The first-order valence-electron chi connectivity index (χ1n) is 7.73. The molecule has 0 bridgehead atoms. The molecular formula is C18H27FO. The van der Waals surface area contributed by atoms with Gasteiger partial charge < -0.3 is 5.11 Å². The highest BCUT2D eigenvalue weighted by Crippen LogP contribution is 2.43. The molecule has 1 nitrogen and oxygen atoms in total. The Balaban J connectivity index is 2.03. The first kappa shape index (κ1) is 15.5. The number of hydrogen-bond donors (Lipinski definition) is 1. The van der Waals surface area contributed by atoms with Crippen LogP contribution in [0.2, 0.25) is 0 Å². The molecule has 1 fully saturated rings. The third kappa shape index (κ3) is 3.41. The fourth-order valence-corrected chi connectivity index (χ4v) is 3.53. The maximum Gasteiger partial charge on any atom is 0.123 e. The van der Waals surface area contributed by atoms with Crippen molar-refractivity contribution >= 4 is 0 Å². The first-order valence-corrected chi connectivity index (χ1v) is 7.73. The lowest BCUT2D eigenvalue weighted by molar-refractivity contribution is 0.0524. The molecule has 112 valence electrons. The molecule has 0 spiro atoms. The van der Waals surface area contributed by atoms with Gasteiger partial charge in [0.25, 0.3) is 0 Å². The van der Waals surface area contributed by atoms with Gasteiger partial charge in [-0.15, -0.1) is 0 Å². The molecule has 1 aromatic rings. The normalized spacial score (nSPS) is 25.5. The lowest BCUT2D eigenvalue weighted by Crippen LogP contribution is -2.28. The zero-order chi connectivity index (χ0) is 14.9. The van der Waals surface area contributed by atoms with Gasteiger partial charge in [-0.25, -0.2) is 4.39 Å². The molecule has 0 aliphatic heterocycles. The fraction of sp³-hybridized carbons (Fsp3) is 0.667. The van der Waals surface area contributed by atoms with Crippen LogP contribution in [0.25, 0.3) is 0 Å². The predicted octanol–water partition coefficient (Wildman–Crippen LogP) is 5.02. The molecular weight excluding hydrogens is 251 g/mol. The maximum atomic E-state index is 13.2. The second-order valence-electron chi connectivity index (χ2n) is 7.42. The molecule has 0 aromatic heterocycles. The molecule has 1 unspecified atom stereocenters. The largest absolute Gasteiger partial charge is 0.388 e.